The molecule has 194 valence electrons. The molecule has 12 heteroatoms. The number of anilines is 1. The Morgan fingerprint density at radius 1 is 1.24 bits per heavy atom. The number of rotatable bonds is 11. The Morgan fingerprint density at radius 3 is 2.59 bits per heavy atom. The number of hydrogen-bond acceptors (Lipinski definition) is 7. The molecule has 0 saturated heterocycles. The van der Waals surface area contributed by atoms with Gasteiger partial charge in [0.05, 0.1) is 27.3 Å². The molecule has 0 aliphatic heterocycles. The number of hydrogen-bond donors (Lipinski definition) is 2. The molecule has 2 aromatic carbocycles. The van der Waals surface area contributed by atoms with Crippen molar-refractivity contribution >= 4 is 46.6 Å². The van der Waals surface area contributed by atoms with Crippen LogP contribution >= 0.6 is 23.4 Å². The highest BCUT2D eigenvalue weighted by Gasteiger charge is 2.27. The van der Waals surface area contributed by atoms with Crippen molar-refractivity contribution < 1.29 is 14.5 Å². The van der Waals surface area contributed by atoms with Gasteiger partial charge in [-0.3, -0.25) is 19.7 Å². The van der Waals surface area contributed by atoms with Gasteiger partial charge in [0.1, 0.15) is 0 Å². The van der Waals surface area contributed by atoms with Crippen LogP contribution in [-0.2, 0) is 11.3 Å². The molecule has 0 fully saturated rings. The van der Waals surface area contributed by atoms with Crippen molar-refractivity contribution in [3.8, 4) is 0 Å². The number of nitro benzene ring substituents is 1. The average Bonchev–Trinajstić information content (AvgIpc) is 3.24. The van der Waals surface area contributed by atoms with Gasteiger partial charge >= 0.3 is 0 Å². The zero-order valence-corrected chi connectivity index (χ0v) is 22.2. The summed E-state index contributed by atoms with van der Waals surface area (Å²) in [6.45, 7) is 9.78. The molecule has 0 saturated carbocycles. The second-order valence-corrected chi connectivity index (χ2v) is 9.86. The Bertz CT molecular complexity index is 1330. The zero-order valence-electron chi connectivity index (χ0n) is 20.6. The van der Waals surface area contributed by atoms with Gasteiger partial charge < -0.3 is 15.2 Å². The minimum atomic E-state index is -0.486. The quantitative estimate of drug-likeness (QED) is 0.147. The normalized spacial score (nSPS) is 11.7. The molecule has 0 unspecified atom stereocenters. The van der Waals surface area contributed by atoms with Crippen molar-refractivity contribution in [2.24, 2.45) is 5.92 Å². The SMILES string of the molecule is C=CCn1c(SCC(=O)Nc2ccc([N+](=O)[O-])cc2C)nnc1[C@H](NC(=O)c1ccccc1Cl)C(C)C. The van der Waals surface area contributed by atoms with Gasteiger partial charge in [0, 0.05) is 24.4 Å². The third-order valence-electron chi connectivity index (χ3n) is 5.43. The highest BCUT2D eigenvalue weighted by Crippen LogP contribution is 2.27. The molecule has 0 radical (unpaired) electrons. The van der Waals surface area contributed by atoms with Crippen LogP contribution in [0.4, 0.5) is 11.4 Å². The number of thioether (sulfide) groups is 1. The third-order valence-corrected chi connectivity index (χ3v) is 6.73. The van der Waals surface area contributed by atoms with Crippen molar-refractivity contribution in [2.45, 2.75) is 38.5 Å². The molecular weight excluding hydrogens is 516 g/mol. The summed E-state index contributed by atoms with van der Waals surface area (Å²) >= 11 is 7.38. The minimum Gasteiger partial charge on any atom is -0.342 e. The molecule has 0 aliphatic rings. The molecule has 0 bridgehead atoms. The zero-order chi connectivity index (χ0) is 27.1. The minimum absolute atomic E-state index is 0.0227. The van der Waals surface area contributed by atoms with Crippen LogP contribution in [0.3, 0.4) is 0 Å². The maximum atomic E-state index is 12.9. The van der Waals surface area contributed by atoms with Gasteiger partial charge in [-0.15, -0.1) is 16.8 Å². The van der Waals surface area contributed by atoms with E-state index in [9.17, 15) is 19.7 Å². The van der Waals surface area contributed by atoms with Crippen LogP contribution in [0.15, 0.2) is 60.3 Å². The number of aryl methyl sites for hydroxylation is 1. The van der Waals surface area contributed by atoms with E-state index in [1.807, 2.05) is 13.8 Å². The van der Waals surface area contributed by atoms with E-state index in [-0.39, 0.29) is 29.2 Å². The summed E-state index contributed by atoms with van der Waals surface area (Å²) in [5.41, 5.74) is 1.39. The van der Waals surface area contributed by atoms with E-state index in [0.717, 1.165) is 0 Å². The van der Waals surface area contributed by atoms with Crippen molar-refractivity contribution in [3.63, 3.8) is 0 Å². The number of carbonyl (C=O) groups excluding carboxylic acids is 2. The lowest BCUT2D eigenvalue weighted by Crippen LogP contribution is -2.34. The number of allylic oxidation sites excluding steroid dienone is 1. The van der Waals surface area contributed by atoms with Gasteiger partial charge in [-0.25, -0.2) is 0 Å². The van der Waals surface area contributed by atoms with E-state index in [1.165, 1.54) is 30.0 Å². The molecule has 2 N–H and O–H groups in total. The maximum absolute atomic E-state index is 12.9. The Morgan fingerprint density at radius 2 is 1.97 bits per heavy atom. The lowest BCUT2D eigenvalue weighted by Gasteiger charge is -2.23. The Labute approximate surface area is 223 Å². The summed E-state index contributed by atoms with van der Waals surface area (Å²) in [6.07, 6.45) is 1.69. The standard InChI is InChI=1S/C25H27ClN6O4S/c1-5-12-31-23(22(15(2)3)28-24(34)18-8-6-7-9-19(18)26)29-30-25(31)37-14-21(33)27-20-11-10-17(32(35)36)13-16(20)4/h5-11,13,15,22H,1,12,14H2,2-4H3,(H,27,33)(H,28,34)/t22-/m1/s1. The van der Waals surface area contributed by atoms with E-state index >= 15 is 0 Å². The first kappa shape index (κ1) is 27.9. The molecule has 37 heavy (non-hydrogen) atoms. The van der Waals surface area contributed by atoms with Gasteiger partial charge in [-0.2, -0.15) is 0 Å². The number of carbonyl (C=O) groups is 2. The van der Waals surface area contributed by atoms with E-state index in [4.69, 9.17) is 11.6 Å². The molecule has 1 heterocycles. The van der Waals surface area contributed by atoms with Crippen molar-refractivity contribution in [1.82, 2.24) is 20.1 Å². The summed E-state index contributed by atoms with van der Waals surface area (Å²) in [4.78, 5) is 36.0. The molecule has 10 nitrogen and oxygen atoms in total. The van der Waals surface area contributed by atoms with Crippen LogP contribution in [0.5, 0.6) is 0 Å². The fourth-order valence-corrected chi connectivity index (χ4v) is 4.53. The fourth-order valence-electron chi connectivity index (χ4n) is 3.55. The number of amides is 2. The molecule has 2 amide bonds. The first-order valence-corrected chi connectivity index (χ1v) is 12.8. The smallest absolute Gasteiger partial charge is 0.269 e. The molecule has 3 aromatic rings. The van der Waals surface area contributed by atoms with Crippen LogP contribution in [0.25, 0.3) is 0 Å². The third kappa shape index (κ3) is 6.95. The molecule has 3 rings (SSSR count). The van der Waals surface area contributed by atoms with Crippen molar-refractivity contribution in [1.29, 1.82) is 0 Å². The van der Waals surface area contributed by atoms with Crippen LogP contribution in [-0.4, -0.2) is 37.3 Å². The maximum Gasteiger partial charge on any atom is 0.269 e. The van der Waals surface area contributed by atoms with E-state index < -0.39 is 11.0 Å². The van der Waals surface area contributed by atoms with Crippen LogP contribution in [0, 0.1) is 23.0 Å². The summed E-state index contributed by atoms with van der Waals surface area (Å²) in [5, 5.41) is 26.1. The Balaban J connectivity index is 1.75. The second-order valence-electron chi connectivity index (χ2n) is 8.51. The number of benzene rings is 2. The first-order chi connectivity index (χ1) is 17.6. The molecule has 0 spiro atoms. The predicted molar refractivity (Wildman–Crippen MR) is 144 cm³/mol. The van der Waals surface area contributed by atoms with Gasteiger partial charge in [-0.05, 0) is 36.6 Å². The highest BCUT2D eigenvalue weighted by atomic mass is 35.5. The van der Waals surface area contributed by atoms with E-state index in [1.54, 1.807) is 41.8 Å². The molecule has 1 aromatic heterocycles. The summed E-state index contributed by atoms with van der Waals surface area (Å²) in [7, 11) is 0. The molecule has 0 aliphatic carbocycles. The summed E-state index contributed by atoms with van der Waals surface area (Å²) in [5.74, 6) is -0.0900. The van der Waals surface area contributed by atoms with Gasteiger partial charge in [0.2, 0.25) is 5.91 Å². The molecule has 1 atom stereocenters. The number of non-ortho nitro benzene ring substituents is 1. The number of aromatic nitrogens is 3. The average molecular weight is 543 g/mol. The van der Waals surface area contributed by atoms with Crippen LogP contribution in [0.2, 0.25) is 5.02 Å². The number of nitro groups is 1. The summed E-state index contributed by atoms with van der Waals surface area (Å²) in [6, 6.07) is 10.6. The van der Waals surface area contributed by atoms with Gasteiger partial charge in [0.25, 0.3) is 11.6 Å². The topological polar surface area (TPSA) is 132 Å². The second kappa shape index (κ2) is 12.5. The lowest BCUT2D eigenvalue weighted by atomic mass is 10.0. The number of nitrogens with one attached hydrogen (secondary N) is 2. The van der Waals surface area contributed by atoms with Crippen molar-refractivity contribution in [3.05, 3.63) is 87.2 Å². The lowest BCUT2D eigenvalue weighted by molar-refractivity contribution is -0.384. The van der Waals surface area contributed by atoms with Gasteiger partial charge in [0.15, 0.2) is 11.0 Å². The predicted octanol–water partition coefficient (Wildman–Crippen LogP) is 5.19. The van der Waals surface area contributed by atoms with Crippen LogP contribution in [0.1, 0.15) is 41.6 Å². The van der Waals surface area contributed by atoms with Crippen LogP contribution < -0.4 is 10.6 Å². The largest absolute Gasteiger partial charge is 0.342 e. The fraction of sp³-hybridized carbons (Fsp3) is 0.280. The Hall–Kier alpha value is -3.70. The van der Waals surface area contributed by atoms with E-state index in [0.29, 0.717) is 39.4 Å². The monoisotopic (exact) mass is 542 g/mol. The van der Waals surface area contributed by atoms with E-state index in [2.05, 4.69) is 27.4 Å². The summed E-state index contributed by atoms with van der Waals surface area (Å²) < 4.78 is 1.81. The first-order valence-electron chi connectivity index (χ1n) is 11.4. The van der Waals surface area contributed by atoms with Gasteiger partial charge in [-0.1, -0.05) is 55.4 Å². The molecular formula is C25H27ClN6O4S. The van der Waals surface area contributed by atoms with Crippen molar-refractivity contribution in [2.75, 3.05) is 11.1 Å². The number of nitrogens with zero attached hydrogens (tertiary/aromatic N) is 4. The number of halogens is 1. The highest BCUT2D eigenvalue weighted by molar-refractivity contribution is 7.99. The Kier molecular flexibility index (Phi) is 9.42.